The first-order valence-electron chi connectivity index (χ1n) is 6.57. The average Bonchev–Trinajstić information content (AvgIpc) is 2.98. The van der Waals surface area contributed by atoms with Gasteiger partial charge in [-0.2, -0.15) is 0 Å². The number of hydrogen-bond acceptors (Lipinski definition) is 3. The molecule has 1 aliphatic carbocycles. The highest BCUT2D eigenvalue weighted by atomic mass is 32.1. The summed E-state index contributed by atoms with van der Waals surface area (Å²) in [6, 6.07) is 5.41. The summed E-state index contributed by atoms with van der Waals surface area (Å²) in [5, 5.41) is 3.14. The molecule has 6 heteroatoms. The molecule has 1 aromatic carbocycles. The zero-order valence-corrected chi connectivity index (χ0v) is 11.9. The molecular formula is C15H13FN2O2S. The molecule has 1 aliphatic rings. The lowest BCUT2D eigenvalue weighted by Gasteiger charge is -2.06. The third-order valence-electron chi connectivity index (χ3n) is 3.48. The second-order valence-electron chi connectivity index (χ2n) is 4.89. The monoisotopic (exact) mass is 304 g/mol. The summed E-state index contributed by atoms with van der Waals surface area (Å²) < 4.78 is 13.2. The van der Waals surface area contributed by atoms with Gasteiger partial charge >= 0.3 is 0 Å². The number of nitrogens with one attached hydrogen (secondary N) is 1. The maximum absolute atomic E-state index is 13.2. The van der Waals surface area contributed by atoms with Gasteiger partial charge in [0, 0.05) is 10.4 Å². The SMILES string of the molecule is NC(=O)c1c(NC(=O)c2cccc(F)c2)sc2c1CCC2. The highest BCUT2D eigenvalue weighted by Gasteiger charge is 2.26. The molecule has 1 heterocycles. The van der Waals surface area contributed by atoms with E-state index in [4.69, 9.17) is 5.73 Å². The van der Waals surface area contributed by atoms with Crippen LogP contribution in [0.25, 0.3) is 0 Å². The molecule has 0 saturated carbocycles. The average molecular weight is 304 g/mol. The summed E-state index contributed by atoms with van der Waals surface area (Å²) >= 11 is 1.38. The quantitative estimate of drug-likeness (QED) is 0.915. The summed E-state index contributed by atoms with van der Waals surface area (Å²) in [5.41, 5.74) is 6.98. The summed E-state index contributed by atoms with van der Waals surface area (Å²) in [5.74, 6) is -1.47. The molecule has 4 nitrogen and oxygen atoms in total. The number of primary amides is 1. The van der Waals surface area contributed by atoms with Crippen molar-refractivity contribution < 1.29 is 14.0 Å². The van der Waals surface area contributed by atoms with Crippen molar-refractivity contribution in [1.82, 2.24) is 0 Å². The first kappa shape index (κ1) is 13.8. The van der Waals surface area contributed by atoms with Gasteiger partial charge in [-0.05, 0) is 43.0 Å². The van der Waals surface area contributed by atoms with Crippen molar-refractivity contribution in [2.24, 2.45) is 5.73 Å². The van der Waals surface area contributed by atoms with Gasteiger partial charge in [0.05, 0.1) is 5.56 Å². The lowest BCUT2D eigenvalue weighted by Crippen LogP contribution is -2.17. The molecule has 21 heavy (non-hydrogen) atoms. The van der Waals surface area contributed by atoms with E-state index in [0.717, 1.165) is 35.8 Å². The number of hydrogen-bond donors (Lipinski definition) is 2. The van der Waals surface area contributed by atoms with Gasteiger partial charge in [-0.15, -0.1) is 11.3 Å². The van der Waals surface area contributed by atoms with Crippen molar-refractivity contribution in [2.75, 3.05) is 5.32 Å². The fourth-order valence-corrected chi connectivity index (χ4v) is 3.85. The predicted molar refractivity (Wildman–Crippen MR) is 79.2 cm³/mol. The maximum Gasteiger partial charge on any atom is 0.256 e. The Balaban J connectivity index is 1.92. The van der Waals surface area contributed by atoms with Gasteiger partial charge in [0.15, 0.2) is 0 Å². The highest BCUT2D eigenvalue weighted by molar-refractivity contribution is 7.17. The Morgan fingerprint density at radius 2 is 2.10 bits per heavy atom. The Hall–Kier alpha value is -2.21. The number of thiophene rings is 1. The van der Waals surface area contributed by atoms with E-state index in [1.807, 2.05) is 0 Å². The topological polar surface area (TPSA) is 72.2 Å². The molecule has 1 aromatic heterocycles. The van der Waals surface area contributed by atoms with Crippen molar-refractivity contribution in [3.63, 3.8) is 0 Å². The number of carbonyl (C=O) groups is 2. The number of fused-ring (bicyclic) bond motifs is 1. The van der Waals surface area contributed by atoms with E-state index in [2.05, 4.69) is 5.32 Å². The Bertz CT molecular complexity index is 739. The molecule has 2 amide bonds. The minimum atomic E-state index is -0.538. The van der Waals surface area contributed by atoms with E-state index in [9.17, 15) is 14.0 Å². The van der Waals surface area contributed by atoms with Gasteiger partial charge in [0.25, 0.3) is 11.8 Å². The summed E-state index contributed by atoms with van der Waals surface area (Å²) in [7, 11) is 0. The van der Waals surface area contributed by atoms with Crippen LogP contribution >= 0.6 is 11.3 Å². The van der Waals surface area contributed by atoms with E-state index in [-0.39, 0.29) is 5.56 Å². The molecule has 0 radical (unpaired) electrons. The van der Waals surface area contributed by atoms with Gasteiger partial charge in [-0.25, -0.2) is 4.39 Å². The number of rotatable bonds is 3. The van der Waals surface area contributed by atoms with Gasteiger partial charge in [0.2, 0.25) is 0 Å². The summed E-state index contributed by atoms with van der Waals surface area (Å²) in [6.07, 6.45) is 2.70. The molecule has 0 fully saturated rings. The molecule has 0 atom stereocenters. The van der Waals surface area contributed by atoms with E-state index in [0.29, 0.717) is 10.6 Å². The van der Waals surface area contributed by atoms with Crippen LogP contribution in [0.15, 0.2) is 24.3 Å². The zero-order valence-electron chi connectivity index (χ0n) is 11.1. The molecule has 2 aromatic rings. The number of halogens is 1. The lowest BCUT2D eigenvalue weighted by atomic mass is 10.1. The number of anilines is 1. The third-order valence-corrected chi connectivity index (χ3v) is 4.69. The Kier molecular flexibility index (Phi) is 3.47. The van der Waals surface area contributed by atoms with E-state index < -0.39 is 17.6 Å². The maximum atomic E-state index is 13.2. The van der Waals surface area contributed by atoms with Crippen LogP contribution in [0.5, 0.6) is 0 Å². The van der Waals surface area contributed by atoms with Crippen LogP contribution in [0.3, 0.4) is 0 Å². The summed E-state index contributed by atoms with van der Waals surface area (Å²) in [4.78, 5) is 24.9. The zero-order chi connectivity index (χ0) is 15.0. The van der Waals surface area contributed by atoms with E-state index >= 15 is 0 Å². The van der Waals surface area contributed by atoms with Gasteiger partial charge in [-0.1, -0.05) is 6.07 Å². The second kappa shape index (κ2) is 5.29. The van der Waals surface area contributed by atoms with Crippen LogP contribution in [-0.2, 0) is 12.8 Å². The smallest absolute Gasteiger partial charge is 0.256 e. The minimum absolute atomic E-state index is 0.207. The Morgan fingerprint density at radius 3 is 2.81 bits per heavy atom. The van der Waals surface area contributed by atoms with Crippen molar-refractivity contribution in [2.45, 2.75) is 19.3 Å². The summed E-state index contributed by atoms with van der Waals surface area (Å²) in [6.45, 7) is 0. The Morgan fingerprint density at radius 1 is 1.29 bits per heavy atom. The molecule has 3 N–H and O–H groups in total. The molecule has 0 bridgehead atoms. The standard InChI is InChI=1S/C15H13FN2O2S/c16-9-4-1-3-8(7-9)14(20)18-15-12(13(17)19)10-5-2-6-11(10)21-15/h1,3-4,7H,2,5-6H2,(H2,17,19)(H,18,20). The van der Waals surface area contributed by atoms with Crippen molar-refractivity contribution >= 4 is 28.2 Å². The van der Waals surface area contributed by atoms with Crippen LogP contribution in [0, 0.1) is 5.82 Å². The van der Waals surface area contributed by atoms with Crippen molar-refractivity contribution in [3.05, 3.63) is 51.7 Å². The van der Waals surface area contributed by atoms with Crippen LogP contribution in [-0.4, -0.2) is 11.8 Å². The molecule has 0 unspecified atom stereocenters. The number of aryl methyl sites for hydroxylation is 1. The lowest BCUT2D eigenvalue weighted by molar-refractivity contribution is 0.100. The van der Waals surface area contributed by atoms with Crippen LogP contribution in [0.1, 0.15) is 37.6 Å². The van der Waals surface area contributed by atoms with Gasteiger partial charge in [-0.3, -0.25) is 9.59 Å². The first-order chi connectivity index (χ1) is 10.1. The van der Waals surface area contributed by atoms with E-state index in [1.54, 1.807) is 0 Å². The van der Waals surface area contributed by atoms with Gasteiger partial charge in [0.1, 0.15) is 10.8 Å². The second-order valence-corrected chi connectivity index (χ2v) is 6.00. The number of nitrogens with two attached hydrogens (primary N) is 1. The van der Waals surface area contributed by atoms with Gasteiger partial charge < -0.3 is 11.1 Å². The molecule has 108 valence electrons. The minimum Gasteiger partial charge on any atom is -0.365 e. The molecule has 0 saturated heterocycles. The fraction of sp³-hybridized carbons (Fsp3) is 0.200. The number of amides is 2. The van der Waals surface area contributed by atoms with Crippen LogP contribution in [0.4, 0.5) is 9.39 Å². The Labute approximate surface area is 124 Å². The third kappa shape index (κ3) is 2.54. The predicted octanol–water partition coefficient (Wildman–Crippen LogP) is 2.73. The molecular weight excluding hydrogens is 291 g/mol. The van der Waals surface area contributed by atoms with Crippen molar-refractivity contribution in [3.8, 4) is 0 Å². The number of carbonyl (C=O) groups excluding carboxylic acids is 2. The number of benzene rings is 1. The largest absolute Gasteiger partial charge is 0.365 e. The molecule has 3 rings (SSSR count). The molecule has 0 aliphatic heterocycles. The van der Waals surface area contributed by atoms with Crippen molar-refractivity contribution in [1.29, 1.82) is 0 Å². The fourth-order valence-electron chi connectivity index (χ4n) is 2.56. The highest BCUT2D eigenvalue weighted by Crippen LogP contribution is 2.38. The first-order valence-corrected chi connectivity index (χ1v) is 7.39. The van der Waals surface area contributed by atoms with Crippen LogP contribution in [0.2, 0.25) is 0 Å². The van der Waals surface area contributed by atoms with E-state index in [1.165, 1.54) is 29.5 Å². The normalized spacial score (nSPS) is 13.0. The molecule has 0 spiro atoms. The van der Waals surface area contributed by atoms with Crippen LogP contribution < -0.4 is 11.1 Å².